The number of benzene rings is 2. The van der Waals surface area contributed by atoms with Crippen molar-refractivity contribution in [2.75, 3.05) is 17.2 Å². The Balaban J connectivity index is 0.00000300. The molecule has 2 aromatic carbocycles. The first-order valence-electron chi connectivity index (χ1n) is 9.52. The van der Waals surface area contributed by atoms with E-state index in [-0.39, 0.29) is 40.2 Å². The van der Waals surface area contributed by atoms with E-state index in [0.717, 1.165) is 12.1 Å². The number of hydrogen-bond donors (Lipinski definition) is 0. The maximum atomic E-state index is 12.9. The number of halogens is 1. The summed E-state index contributed by atoms with van der Waals surface area (Å²) in [5.41, 5.74) is 1.49. The quantitative estimate of drug-likeness (QED) is 0.352. The normalized spacial score (nSPS) is 10.8. The van der Waals surface area contributed by atoms with Gasteiger partial charge in [0.15, 0.2) is 5.16 Å². The minimum Gasteiger partial charge on any atom is -0.312 e. The second kappa shape index (κ2) is 10.6. The van der Waals surface area contributed by atoms with Gasteiger partial charge in [0.1, 0.15) is 0 Å². The molecular formula is C22H26BrN3O2S. The van der Waals surface area contributed by atoms with Crippen LogP contribution in [0.25, 0.3) is 10.9 Å². The second-order valence-corrected chi connectivity index (χ2v) is 7.79. The molecule has 0 N–H and O–H groups in total. The van der Waals surface area contributed by atoms with Crippen molar-refractivity contribution in [1.29, 1.82) is 0 Å². The van der Waals surface area contributed by atoms with Gasteiger partial charge in [0.25, 0.3) is 5.56 Å². The highest BCUT2D eigenvalue weighted by atomic mass is 79.9. The molecule has 0 fully saturated rings. The predicted octanol–water partition coefficient (Wildman–Crippen LogP) is 5.09. The standard InChI is InChI=1S/C22H25N3O2S.BrH/c1-4-14-24(17-10-6-5-7-11-17)20(26)15-28-22-23-19-13-9-8-12-18(19)21(27)25(22)16(2)3;/h5-13,16H,4,14-15H2,1-3H3;1H. The van der Waals surface area contributed by atoms with Crippen LogP contribution in [0.15, 0.2) is 64.5 Å². The predicted molar refractivity (Wildman–Crippen MR) is 127 cm³/mol. The first-order chi connectivity index (χ1) is 13.5. The van der Waals surface area contributed by atoms with Gasteiger partial charge in [-0.15, -0.1) is 17.0 Å². The van der Waals surface area contributed by atoms with Gasteiger partial charge in [-0.05, 0) is 44.5 Å². The van der Waals surface area contributed by atoms with Crippen LogP contribution in [0.2, 0.25) is 0 Å². The molecule has 5 nitrogen and oxygen atoms in total. The van der Waals surface area contributed by atoms with Gasteiger partial charge < -0.3 is 4.90 Å². The Kier molecular flexibility index (Phi) is 8.46. The van der Waals surface area contributed by atoms with Crippen molar-refractivity contribution in [3.63, 3.8) is 0 Å². The molecule has 0 bridgehead atoms. The maximum absolute atomic E-state index is 12.9. The van der Waals surface area contributed by atoms with E-state index >= 15 is 0 Å². The lowest BCUT2D eigenvalue weighted by Crippen LogP contribution is -2.33. The first kappa shape index (κ1) is 23.2. The third-order valence-electron chi connectivity index (χ3n) is 4.43. The molecule has 0 saturated carbocycles. The number of hydrogen-bond acceptors (Lipinski definition) is 4. The molecule has 1 heterocycles. The number of para-hydroxylation sites is 2. The number of thioether (sulfide) groups is 1. The summed E-state index contributed by atoms with van der Waals surface area (Å²) in [6.45, 7) is 6.62. The number of amides is 1. The van der Waals surface area contributed by atoms with E-state index < -0.39 is 0 Å². The smallest absolute Gasteiger partial charge is 0.262 e. The molecule has 0 atom stereocenters. The summed E-state index contributed by atoms with van der Waals surface area (Å²) >= 11 is 1.32. The number of rotatable bonds is 7. The highest BCUT2D eigenvalue weighted by molar-refractivity contribution is 8.93. The van der Waals surface area contributed by atoms with Gasteiger partial charge >= 0.3 is 0 Å². The van der Waals surface area contributed by atoms with Crippen LogP contribution in [0.4, 0.5) is 5.69 Å². The lowest BCUT2D eigenvalue weighted by Gasteiger charge is -2.22. The zero-order valence-electron chi connectivity index (χ0n) is 16.9. The molecule has 3 aromatic rings. The Bertz CT molecular complexity index is 1020. The number of aromatic nitrogens is 2. The van der Waals surface area contributed by atoms with Gasteiger partial charge in [-0.1, -0.05) is 49.0 Å². The molecule has 0 spiro atoms. The summed E-state index contributed by atoms with van der Waals surface area (Å²) in [6, 6.07) is 17.0. The third kappa shape index (κ3) is 5.28. The number of fused-ring (bicyclic) bond motifs is 1. The van der Waals surface area contributed by atoms with Crippen LogP contribution >= 0.6 is 28.7 Å². The Hall–Kier alpha value is -2.12. The van der Waals surface area contributed by atoms with Crippen LogP contribution in [0, 0.1) is 0 Å². The van der Waals surface area contributed by atoms with E-state index in [1.807, 2.05) is 62.4 Å². The molecule has 0 aliphatic carbocycles. The molecule has 1 aromatic heterocycles. The Morgan fingerprint density at radius 3 is 2.41 bits per heavy atom. The molecule has 1 amide bonds. The van der Waals surface area contributed by atoms with Crippen molar-refractivity contribution in [3.05, 3.63) is 65.0 Å². The van der Waals surface area contributed by atoms with E-state index in [1.165, 1.54) is 11.8 Å². The van der Waals surface area contributed by atoms with Crippen LogP contribution in [0.1, 0.15) is 33.2 Å². The molecule has 29 heavy (non-hydrogen) atoms. The summed E-state index contributed by atoms with van der Waals surface area (Å²) in [5.74, 6) is 0.239. The number of nitrogens with zero attached hydrogens (tertiary/aromatic N) is 3. The highest BCUT2D eigenvalue weighted by Gasteiger charge is 2.18. The van der Waals surface area contributed by atoms with Crippen molar-refractivity contribution in [2.24, 2.45) is 0 Å². The van der Waals surface area contributed by atoms with Crippen molar-refractivity contribution >= 4 is 51.2 Å². The minimum atomic E-state index is -0.0657. The summed E-state index contributed by atoms with van der Waals surface area (Å²) < 4.78 is 1.67. The molecular weight excluding hydrogens is 450 g/mol. The average Bonchev–Trinajstić information content (AvgIpc) is 2.70. The van der Waals surface area contributed by atoms with E-state index in [2.05, 4.69) is 11.9 Å². The molecule has 0 aliphatic rings. The highest BCUT2D eigenvalue weighted by Crippen LogP contribution is 2.23. The first-order valence-corrected chi connectivity index (χ1v) is 10.5. The fourth-order valence-corrected chi connectivity index (χ4v) is 4.12. The minimum absolute atomic E-state index is 0. The van der Waals surface area contributed by atoms with E-state index in [1.54, 1.807) is 15.5 Å². The van der Waals surface area contributed by atoms with Gasteiger partial charge in [-0.25, -0.2) is 4.98 Å². The van der Waals surface area contributed by atoms with Crippen LogP contribution in [0.3, 0.4) is 0 Å². The summed E-state index contributed by atoms with van der Waals surface area (Å²) in [4.78, 5) is 32.3. The Morgan fingerprint density at radius 2 is 1.76 bits per heavy atom. The molecule has 3 rings (SSSR count). The van der Waals surface area contributed by atoms with E-state index in [0.29, 0.717) is 22.6 Å². The number of carbonyl (C=O) groups is 1. The van der Waals surface area contributed by atoms with Crippen molar-refractivity contribution in [3.8, 4) is 0 Å². The van der Waals surface area contributed by atoms with Gasteiger partial charge in [-0.3, -0.25) is 14.2 Å². The Morgan fingerprint density at radius 1 is 1.10 bits per heavy atom. The monoisotopic (exact) mass is 475 g/mol. The van der Waals surface area contributed by atoms with Crippen LogP contribution in [-0.4, -0.2) is 27.8 Å². The maximum Gasteiger partial charge on any atom is 0.262 e. The molecule has 0 unspecified atom stereocenters. The molecule has 0 aliphatic heterocycles. The van der Waals surface area contributed by atoms with Crippen LogP contribution < -0.4 is 10.5 Å². The lowest BCUT2D eigenvalue weighted by atomic mass is 10.2. The summed E-state index contributed by atoms with van der Waals surface area (Å²) in [6.07, 6.45) is 0.871. The zero-order valence-corrected chi connectivity index (χ0v) is 19.4. The van der Waals surface area contributed by atoms with E-state index in [4.69, 9.17) is 0 Å². The van der Waals surface area contributed by atoms with Crippen molar-refractivity contribution in [2.45, 2.75) is 38.4 Å². The van der Waals surface area contributed by atoms with Crippen molar-refractivity contribution < 1.29 is 4.79 Å². The van der Waals surface area contributed by atoms with Crippen LogP contribution in [-0.2, 0) is 4.79 Å². The SMILES string of the molecule is Br.CCCN(C(=O)CSc1nc2ccccc2c(=O)n1C(C)C)c1ccccc1. The van der Waals surface area contributed by atoms with Crippen LogP contribution in [0.5, 0.6) is 0 Å². The average molecular weight is 476 g/mol. The van der Waals surface area contributed by atoms with E-state index in [9.17, 15) is 9.59 Å². The molecule has 154 valence electrons. The van der Waals surface area contributed by atoms with Gasteiger partial charge in [0.05, 0.1) is 16.7 Å². The molecule has 0 radical (unpaired) electrons. The number of anilines is 1. The summed E-state index contributed by atoms with van der Waals surface area (Å²) in [5, 5.41) is 1.18. The topological polar surface area (TPSA) is 55.2 Å². The third-order valence-corrected chi connectivity index (χ3v) is 5.37. The van der Waals surface area contributed by atoms with Gasteiger partial charge in [0, 0.05) is 18.3 Å². The molecule has 0 saturated heterocycles. The second-order valence-electron chi connectivity index (χ2n) is 6.85. The lowest BCUT2D eigenvalue weighted by molar-refractivity contribution is -0.116. The fourth-order valence-electron chi connectivity index (χ4n) is 3.12. The van der Waals surface area contributed by atoms with Gasteiger partial charge in [-0.2, -0.15) is 0 Å². The zero-order chi connectivity index (χ0) is 20.1. The largest absolute Gasteiger partial charge is 0.312 e. The van der Waals surface area contributed by atoms with Gasteiger partial charge in [0.2, 0.25) is 5.91 Å². The fraction of sp³-hybridized carbons (Fsp3) is 0.318. The Labute approximate surface area is 185 Å². The van der Waals surface area contributed by atoms with Crippen molar-refractivity contribution in [1.82, 2.24) is 9.55 Å². The number of carbonyl (C=O) groups excluding carboxylic acids is 1. The summed E-state index contributed by atoms with van der Waals surface area (Å²) in [7, 11) is 0. The molecule has 7 heteroatoms.